The van der Waals surface area contributed by atoms with Gasteiger partial charge in [0.25, 0.3) is 0 Å². The van der Waals surface area contributed by atoms with E-state index in [0.29, 0.717) is 17.2 Å². The Morgan fingerprint density at radius 3 is 2.56 bits per heavy atom. The predicted molar refractivity (Wildman–Crippen MR) is 105 cm³/mol. The molecule has 0 bridgehead atoms. The number of likely N-dealkylation sites (N-methyl/N-ethyl adjacent to an activating group) is 1. The van der Waals surface area contributed by atoms with Crippen molar-refractivity contribution in [3.8, 4) is 11.5 Å². The third-order valence-corrected chi connectivity index (χ3v) is 4.57. The Balaban J connectivity index is 1.65. The van der Waals surface area contributed by atoms with Crippen molar-refractivity contribution >= 4 is 17.5 Å². The van der Waals surface area contributed by atoms with Gasteiger partial charge in [0, 0.05) is 14.1 Å². The van der Waals surface area contributed by atoms with Crippen molar-refractivity contribution in [1.29, 1.82) is 0 Å². The third-order valence-electron chi connectivity index (χ3n) is 4.57. The second kappa shape index (κ2) is 8.68. The van der Waals surface area contributed by atoms with Gasteiger partial charge in [-0.05, 0) is 43.7 Å². The van der Waals surface area contributed by atoms with Gasteiger partial charge in [-0.25, -0.2) is 0 Å². The normalized spacial score (nSPS) is 16.7. The minimum atomic E-state index is -0.221. The highest BCUT2D eigenvalue weighted by Crippen LogP contribution is 2.29. The average Bonchev–Trinajstić information content (AvgIpc) is 3.11. The van der Waals surface area contributed by atoms with E-state index in [1.807, 2.05) is 59.5 Å². The molecule has 2 amide bonds. The number of benzene rings is 2. The molecular formula is C21H25N3O3. The molecule has 1 heterocycles. The molecule has 6 heteroatoms. The number of ether oxygens (including phenoxy) is 1. The van der Waals surface area contributed by atoms with E-state index in [-0.39, 0.29) is 24.4 Å². The Morgan fingerprint density at radius 2 is 1.81 bits per heavy atom. The molecule has 0 aromatic heterocycles. The molecule has 142 valence electrons. The van der Waals surface area contributed by atoms with Crippen LogP contribution in [0, 0.1) is 0 Å². The molecule has 6 nitrogen and oxygen atoms in total. The number of likely N-dealkylation sites (tertiary alicyclic amines) is 1. The van der Waals surface area contributed by atoms with E-state index in [4.69, 9.17) is 4.74 Å². The number of hydrogen-bond acceptors (Lipinski definition) is 4. The highest BCUT2D eigenvalue weighted by Gasteiger charge is 2.32. The van der Waals surface area contributed by atoms with Gasteiger partial charge >= 0.3 is 0 Å². The molecule has 1 N–H and O–H groups in total. The average molecular weight is 367 g/mol. The van der Waals surface area contributed by atoms with Gasteiger partial charge < -0.3 is 15.0 Å². The second-order valence-corrected chi connectivity index (χ2v) is 6.82. The van der Waals surface area contributed by atoms with Crippen LogP contribution < -0.4 is 10.1 Å². The van der Waals surface area contributed by atoms with E-state index in [9.17, 15) is 9.59 Å². The smallest absolute Gasteiger partial charge is 0.239 e. The molecular weight excluding hydrogens is 342 g/mol. The monoisotopic (exact) mass is 367 g/mol. The van der Waals surface area contributed by atoms with Crippen LogP contribution in [0.3, 0.4) is 0 Å². The zero-order chi connectivity index (χ0) is 19.2. The lowest BCUT2D eigenvalue weighted by atomic mass is 10.2. The molecule has 1 saturated heterocycles. The predicted octanol–water partition coefficient (Wildman–Crippen LogP) is 2.97. The molecule has 0 spiro atoms. The SMILES string of the molecule is CN(C)C(=O)C1CCCN1CC(=O)Nc1ccccc1Oc1ccccc1. The number of nitrogens with one attached hydrogen (secondary N) is 1. The lowest BCUT2D eigenvalue weighted by molar-refractivity contribution is -0.133. The number of anilines is 1. The highest BCUT2D eigenvalue weighted by molar-refractivity contribution is 5.94. The van der Waals surface area contributed by atoms with E-state index >= 15 is 0 Å². The number of rotatable bonds is 6. The van der Waals surface area contributed by atoms with E-state index in [1.165, 1.54) is 0 Å². The number of hydrogen-bond donors (Lipinski definition) is 1. The summed E-state index contributed by atoms with van der Waals surface area (Å²) >= 11 is 0. The molecule has 1 unspecified atom stereocenters. The molecule has 1 fully saturated rings. The third kappa shape index (κ3) is 4.86. The van der Waals surface area contributed by atoms with E-state index in [2.05, 4.69) is 5.32 Å². The van der Waals surface area contributed by atoms with Crippen molar-refractivity contribution < 1.29 is 14.3 Å². The van der Waals surface area contributed by atoms with Crippen LogP contribution in [0.2, 0.25) is 0 Å². The van der Waals surface area contributed by atoms with E-state index in [1.54, 1.807) is 19.0 Å². The summed E-state index contributed by atoms with van der Waals surface area (Å²) in [6.07, 6.45) is 1.71. The highest BCUT2D eigenvalue weighted by atomic mass is 16.5. The van der Waals surface area contributed by atoms with Crippen LogP contribution in [0.4, 0.5) is 5.69 Å². The fourth-order valence-corrected chi connectivity index (χ4v) is 3.24. The van der Waals surface area contributed by atoms with Gasteiger partial charge in [-0.3, -0.25) is 14.5 Å². The molecule has 0 radical (unpaired) electrons. The molecule has 2 aromatic carbocycles. The summed E-state index contributed by atoms with van der Waals surface area (Å²) in [5.74, 6) is 1.18. The van der Waals surface area contributed by atoms with Crippen LogP contribution in [-0.4, -0.2) is 54.8 Å². The van der Waals surface area contributed by atoms with Gasteiger partial charge in [-0.1, -0.05) is 30.3 Å². The Bertz CT molecular complexity index is 792. The molecule has 27 heavy (non-hydrogen) atoms. The van der Waals surface area contributed by atoms with Gasteiger partial charge in [-0.15, -0.1) is 0 Å². The van der Waals surface area contributed by atoms with Crippen LogP contribution in [-0.2, 0) is 9.59 Å². The molecule has 3 rings (SSSR count). The number of amides is 2. The zero-order valence-electron chi connectivity index (χ0n) is 15.7. The minimum Gasteiger partial charge on any atom is -0.455 e. The maximum atomic E-state index is 12.6. The van der Waals surface area contributed by atoms with E-state index < -0.39 is 0 Å². The van der Waals surface area contributed by atoms with Crippen molar-refractivity contribution in [2.24, 2.45) is 0 Å². The molecule has 1 atom stereocenters. The lowest BCUT2D eigenvalue weighted by Gasteiger charge is -2.25. The summed E-state index contributed by atoms with van der Waals surface area (Å²) in [7, 11) is 3.49. The number of carbonyl (C=O) groups is 2. The van der Waals surface area contributed by atoms with Crippen molar-refractivity contribution in [2.75, 3.05) is 32.5 Å². The summed E-state index contributed by atoms with van der Waals surface area (Å²) in [4.78, 5) is 28.4. The lowest BCUT2D eigenvalue weighted by Crippen LogP contribution is -2.45. The number of para-hydroxylation sites is 3. The summed E-state index contributed by atoms with van der Waals surface area (Å²) < 4.78 is 5.88. The van der Waals surface area contributed by atoms with Gasteiger partial charge in [-0.2, -0.15) is 0 Å². The zero-order valence-corrected chi connectivity index (χ0v) is 15.7. The first-order valence-corrected chi connectivity index (χ1v) is 9.11. The molecule has 2 aromatic rings. The van der Waals surface area contributed by atoms with Gasteiger partial charge in [0.05, 0.1) is 18.3 Å². The minimum absolute atomic E-state index is 0.0492. The molecule has 1 aliphatic heterocycles. The van der Waals surface area contributed by atoms with Crippen molar-refractivity contribution in [1.82, 2.24) is 9.80 Å². The summed E-state index contributed by atoms with van der Waals surface area (Å²) in [6, 6.07) is 16.5. The molecule has 0 aliphatic carbocycles. The number of nitrogens with zero attached hydrogens (tertiary/aromatic N) is 2. The van der Waals surface area contributed by atoms with Crippen LogP contribution in [0.1, 0.15) is 12.8 Å². The standard InChI is InChI=1S/C21H25N3O3/c1-23(2)21(26)18-12-8-14-24(18)15-20(25)22-17-11-6-7-13-19(17)27-16-9-4-3-5-10-16/h3-7,9-11,13,18H,8,12,14-15H2,1-2H3,(H,22,25). The van der Waals surface area contributed by atoms with Crippen molar-refractivity contribution in [2.45, 2.75) is 18.9 Å². The first-order chi connectivity index (χ1) is 13.0. The Kier molecular flexibility index (Phi) is 6.08. The van der Waals surface area contributed by atoms with Crippen molar-refractivity contribution in [3.63, 3.8) is 0 Å². The maximum Gasteiger partial charge on any atom is 0.239 e. The van der Waals surface area contributed by atoms with Gasteiger partial charge in [0.2, 0.25) is 11.8 Å². The van der Waals surface area contributed by atoms with E-state index in [0.717, 1.165) is 19.4 Å². The summed E-state index contributed by atoms with van der Waals surface area (Å²) in [5.41, 5.74) is 0.612. The van der Waals surface area contributed by atoms with Gasteiger partial charge in [0.1, 0.15) is 5.75 Å². The van der Waals surface area contributed by atoms with Crippen LogP contribution in [0.5, 0.6) is 11.5 Å². The van der Waals surface area contributed by atoms with Gasteiger partial charge in [0.15, 0.2) is 5.75 Å². The Morgan fingerprint density at radius 1 is 1.11 bits per heavy atom. The molecule has 1 aliphatic rings. The number of carbonyl (C=O) groups excluding carboxylic acids is 2. The fraction of sp³-hybridized carbons (Fsp3) is 0.333. The Hall–Kier alpha value is -2.86. The topological polar surface area (TPSA) is 61.9 Å². The summed E-state index contributed by atoms with van der Waals surface area (Å²) in [5, 5.41) is 2.92. The first kappa shape index (κ1) is 18.9. The van der Waals surface area contributed by atoms with Crippen LogP contribution in [0.15, 0.2) is 54.6 Å². The molecule has 0 saturated carbocycles. The quantitative estimate of drug-likeness (QED) is 0.853. The van der Waals surface area contributed by atoms with Crippen molar-refractivity contribution in [3.05, 3.63) is 54.6 Å². The summed E-state index contributed by atoms with van der Waals surface area (Å²) in [6.45, 7) is 0.934. The fourth-order valence-electron chi connectivity index (χ4n) is 3.24. The van der Waals surface area contributed by atoms with Crippen LogP contribution in [0.25, 0.3) is 0 Å². The largest absolute Gasteiger partial charge is 0.455 e. The second-order valence-electron chi connectivity index (χ2n) is 6.82. The Labute approximate surface area is 159 Å². The van der Waals surface area contributed by atoms with Crippen LogP contribution >= 0.6 is 0 Å². The maximum absolute atomic E-state index is 12.6. The first-order valence-electron chi connectivity index (χ1n) is 9.11.